The fourth-order valence-corrected chi connectivity index (χ4v) is 4.52. The zero-order chi connectivity index (χ0) is 17.4. The highest BCUT2D eigenvalue weighted by Crippen LogP contribution is 2.48. The lowest BCUT2D eigenvalue weighted by molar-refractivity contribution is -0.0829. The van der Waals surface area contributed by atoms with E-state index < -0.39 is 11.7 Å². The van der Waals surface area contributed by atoms with Crippen LogP contribution in [0.25, 0.3) is 10.9 Å². The molecule has 2 aliphatic rings. The Hall–Kier alpha value is -1.50. The highest BCUT2D eigenvalue weighted by molar-refractivity contribution is 7.98. The zero-order valence-electron chi connectivity index (χ0n) is 14.4. The number of thioether (sulfide) groups is 1. The third-order valence-electron chi connectivity index (χ3n) is 5.48. The number of fused-ring (bicyclic) bond motifs is 2. The monoisotopic (exact) mass is 360 g/mol. The van der Waals surface area contributed by atoms with Gasteiger partial charge in [0.15, 0.2) is 0 Å². The second-order valence-electron chi connectivity index (χ2n) is 7.04. The van der Waals surface area contributed by atoms with Gasteiger partial charge in [0.1, 0.15) is 17.5 Å². The summed E-state index contributed by atoms with van der Waals surface area (Å²) >= 11 is 1.79. The summed E-state index contributed by atoms with van der Waals surface area (Å²) in [6.07, 6.45) is 5.42. The van der Waals surface area contributed by atoms with Crippen LogP contribution in [-0.2, 0) is 0 Å². The van der Waals surface area contributed by atoms with Crippen LogP contribution in [0.1, 0.15) is 37.3 Å². The van der Waals surface area contributed by atoms with Gasteiger partial charge in [0, 0.05) is 30.0 Å². The highest BCUT2D eigenvalue weighted by atomic mass is 32.2. The number of pyridine rings is 1. The summed E-state index contributed by atoms with van der Waals surface area (Å²) in [5.74, 6) is 1.77. The number of aliphatic hydroxyl groups excluding tert-OH is 1. The van der Waals surface area contributed by atoms with Crippen molar-refractivity contribution in [3.63, 3.8) is 0 Å². The smallest absolute Gasteiger partial charge is 0.248 e. The lowest BCUT2D eigenvalue weighted by Crippen LogP contribution is -2.55. The summed E-state index contributed by atoms with van der Waals surface area (Å²) in [6.45, 7) is 0.835. The maximum absolute atomic E-state index is 11.6. The lowest BCUT2D eigenvalue weighted by Gasteiger charge is -2.44. The van der Waals surface area contributed by atoms with Crippen LogP contribution in [0.15, 0.2) is 29.1 Å². The van der Waals surface area contributed by atoms with Crippen LogP contribution in [0, 0.1) is 0 Å². The van der Waals surface area contributed by atoms with E-state index in [-0.39, 0.29) is 11.6 Å². The minimum Gasteiger partial charge on any atom is -0.484 e. The van der Waals surface area contributed by atoms with Crippen LogP contribution in [0.2, 0.25) is 0 Å². The zero-order valence-corrected chi connectivity index (χ0v) is 15.2. The average molecular weight is 360 g/mol. The molecule has 2 heterocycles. The van der Waals surface area contributed by atoms with Crippen molar-refractivity contribution in [1.82, 2.24) is 10.3 Å². The topological polar surface area (TPSA) is 74.4 Å². The molecule has 1 aliphatic heterocycles. The van der Waals surface area contributed by atoms with E-state index in [1.54, 1.807) is 11.8 Å². The van der Waals surface area contributed by atoms with Crippen molar-refractivity contribution >= 4 is 22.7 Å². The molecule has 5 nitrogen and oxygen atoms in total. The number of benzene rings is 1. The highest BCUT2D eigenvalue weighted by Gasteiger charge is 2.50. The van der Waals surface area contributed by atoms with Gasteiger partial charge in [-0.2, -0.15) is 11.8 Å². The van der Waals surface area contributed by atoms with Crippen molar-refractivity contribution in [3.8, 4) is 5.75 Å². The molecule has 2 atom stereocenters. The van der Waals surface area contributed by atoms with E-state index in [1.165, 1.54) is 6.07 Å². The molecule has 0 amide bonds. The number of hydrogen-bond acceptors (Lipinski definition) is 5. The molecule has 1 saturated carbocycles. The summed E-state index contributed by atoms with van der Waals surface area (Å²) in [4.78, 5) is 14.5. The standard InChI is InChI=1S/C19H24N2O3S/c1-25-9-8-20-17-13-10-12-4-5-16(22)21-14(12)11-15(13)24-19(18(17)23)6-2-3-7-19/h4-5,10-11,17-18,20,23H,2-3,6-9H2,1H3,(H,21,22). The summed E-state index contributed by atoms with van der Waals surface area (Å²) in [5, 5.41) is 15.6. The van der Waals surface area contributed by atoms with Crippen molar-refractivity contribution in [3.05, 3.63) is 40.2 Å². The second-order valence-corrected chi connectivity index (χ2v) is 8.03. The van der Waals surface area contributed by atoms with Gasteiger partial charge in [-0.3, -0.25) is 4.79 Å². The Kier molecular flexibility index (Phi) is 4.52. The Bertz CT molecular complexity index is 829. The molecule has 0 saturated heterocycles. The Morgan fingerprint density at radius 1 is 1.36 bits per heavy atom. The number of H-pyrrole nitrogens is 1. The van der Waals surface area contributed by atoms with Crippen LogP contribution in [0.5, 0.6) is 5.75 Å². The average Bonchev–Trinajstić information content (AvgIpc) is 3.06. The molecule has 1 spiro atoms. The van der Waals surface area contributed by atoms with Crippen molar-refractivity contribution < 1.29 is 9.84 Å². The van der Waals surface area contributed by atoms with Gasteiger partial charge in [0.05, 0.1) is 11.6 Å². The van der Waals surface area contributed by atoms with Crippen LogP contribution in [0.4, 0.5) is 0 Å². The second kappa shape index (κ2) is 6.67. The molecule has 2 unspecified atom stereocenters. The van der Waals surface area contributed by atoms with Gasteiger partial charge in [-0.05, 0) is 49.5 Å². The van der Waals surface area contributed by atoms with Crippen molar-refractivity contribution in [2.75, 3.05) is 18.6 Å². The molecular formula is C19H24N2O3S. The number of nitrogens with one attached hydrogen (secondary N) is 2. The molecule has 4 rings (SSSR count). The molecule has 1 aliphatic carbocycles. The Labute approximate surface area is 151 Å². The molecule has 1 aromatic carbocycles. The van der Waals surface area contributed by atoms with E-state index in [4.69, 9.17) is 4.74 Å². The predicted octanol–water partition coefficient (Wildman–Crippen LogP) is 2.59. The van der Waals surface area contributed by atoms with Gasteiger partial charge in [-0.15, -0.1) is 0 Å². The lowest BCUT2D eigenvalue weighted by atomic mass is 9.82. The molecular weight excluding hydrogens is 336 g/mol. The summed E-state index contributed by atoms with van der Waals surface area (Å²) in [6, 6.07) is 7.15. The SMILES string of the molecule is CSCCNC1c2cc3ccc(=O)[nH]c3cc2OC2(CCCC2)C1O. The minimum absolute atomic E-state index is 0.117. The number of aliphatic hydroxyl groups is 1. The van der Waals surface area contributed by atoms with E-state index in [9.17, 15) is 9.90 Å². The quantitative estimate of drug-likeness (QED) is 0.731. The van der Waals surface area contributed by atoms with Gasteiger partial charge in [-0.1, -0.05) is 0 Å². The van der Waals surface area contributed by atoms with Gasteiger partial charge >= 0.3 is 0 Å². The largest absolute Gasteiger partial charge is 0.484 e. The van der Waals surface area contributed by atoms with E-state index in [2.05, 4.69) is 16.6 Å². The molecule has 25 heavy (non-hydrogen) atoms. The third-order valence-corrected chi connectivity index (χ3v) is 6.09. The first-order valence-electron chi connectivity index (χ1n) is 8.89. The van der Waals surface area contributed by atoms with Crippen molar-refractivity contribution in [1.29, 1.82) is 0 Å². The van der Waals surface area contributed by atoms with Crippen molar-refractivity contribution in [2.45, 2.75) is 43.4 Å². The minimum atomic E-state index is -0.565. The van der Waals surface area contributed by atoms with E-state index in [0.717, 1.165) is 60.2 Å². The normalized spacial score (nSPS) is 24.4. The molecule has 0 radical (unpaired) electrons. The fraction of sp³-hybridized carbons (Fsp3) is 0.526. The van der Waals surface area contributed by atoms with Crippen molar-refractivity contribution in [2.24, 2.45) is 0 Å². The number of aromatic amines is 1. The third kappa shape index (κ3) is 2.96. The molecule has 1 aromatic heterocycles. The van der Waals surface area contributed by atoms with E-state index >= 15 is 0 Å². The predicted molar refractivity (Wildman–Crippen MR) is 102 cm³/mol. The van der Waals surface area contributed by atoms with Crippen LogP contribution in [-0.4, -0.2) is 40.3 Å². The Balaban J connectivity index is 1.80. The van der Waals surface area contributed by atoms with Gasteiger partial charge in [0.25, 0.3) is 0 Å². The summed E-state index contributed by atoms with van der Waals surface area (Å²) in [5.41, 5.74) is 1.13. The van der Waals surface area contributed by atoms with Gasteiger partial charge in [-0.25, -0.2) is 0 Å². The van der Waals surface area contributed by atoms with E-state index in [0.29, 0.717) is 0 Å². The molecule has 6 heteroatoms. The van der Waals surface area contributed by atoms with Crippen LogP contribution >= 0.6 is 11.8 Å². The molecule has 2 aromatic rings. The first-order chi connectivity index (χ1) is 12.1. The Morgan fingerprint density at radius 3 is 2.92 bits per heavy atom. The summed E-state index contributed by atoms with van der Waals surface area (Å²) in [7, 11) is 0. The number of rotatable bonds is 4. The number of hydrogen-bond donors (Lipinski definition) is 3. The number of aromatic nitrogens is 1. The maximum atomic E-state index is 11.6. The van der Waals surface area contributed by atoms with Crippen LogP contribution in [0.3, 0.4) is 0 Å². The summed E-state index contributed by atoms with van der Waals surface area (Å²) < 4.78 is 6.36. The molecule has 0 bridgehead atoms. The molecule has 1 fully saturated rings. The van der Waals surface area contributed by atoms with E-state index in [1.807, 2.05) is 18.2 Å². The first kappa shape index (κ1) is 16.9. The first-order valence-corrected chi connectivity index (χ1v) is 10.3. The number of ether oxygens (including phenoxy) is 1. The van der Waals surface area contributed by atoms with Crippen LogP contribution < -0.4 is 15.6 Å². The Morgan fingerprint density at radius 2 is 2.16 bits per heavy atom. The molecule has 134 valence electrons. The fourth-order valence-electron chi connectivity index (χ4n) is 4.19. The molecule has 3 N–H and O–H groups in total. The maximum Gasteiger partial charge on any atom is 0.248 e. The van der Waals surface area contributed by atoms with Gasteiger partial charge < -0.3 is 20.1 Å². The van der Waals surface area contributed by atoms with Gasteiger partial charge in [0.2, 0.25) is 5.56 Å².